The third kappa shape index (κ3) is 3.00. The van der Waals surface area contributed by atoms with Gasteiger partial charge in [0.25, 0.3) is 0 Å². The zero-order valence-corrected chi connectivity index (χ0v) is 11.2. The minimum Gasteiger partial charge on any atom is -0.389 e. The third-order valence-corrected chi connectivity index (χ3v) is 3.40. The highest BCUT2D eigenvalue weighted by Gasteiger charge is 2.21. The van der Waals surface area contributed by atoms with Crippen LogP contribution in [-0.2, 0) is 4.74 Å². The molecular weight excluding hydrogens is 228 g/mol. The average Bonchev–Trinajstić information content (AvgIpc) is 2.88. The summed E-state index contributed by atoms with van der Waals surface area (Å²) >= 11 is 0. The monoisotopic (exact) mass is 250 g/mol. The van der Waals surface area contributed by atoms with Crippen molar-refractivity contribution in [3.05, 3.63) is 23.9 Å². The van der Waals surface area contributed by atoms with Crippen LogP contribution in [0.5, 0.6) is 0 Å². The second-order valence-electron chi connectivity index (χ2n) is 4.77. The second kappa shape index (κ2) is 6.16. The Morgan fingerprint density at radius 3 is 3.06 bits per heavy atom. The highest BCUT2D eigenvalue weighted by atomic mass is 16.5. The molecule has 0 bridgehead atoms. The molecule has 1 aliphatic heterocycles. The molecule has 1 N–H and O–H groups in total. The maximum Gasteiger partial charge on any atom is 0.134 e. The van der Waals surface area contributed by atoms with Gasteiger partial charge >= 0.3 is 0 Å². The Morgan fingerprint density at radius 1 is 1.61 bits per heavy atom. The van der Waals surface area contributed by atoms with Crippen molar-refractivity contribution in [2.75, 3.05) is 24.6 Å². The fraction of sp³-hybridized carbons (Fsp3) is 0.643. The van der Waals surface area contributed by atoms with Gasteiger partial charge in [-0.05, 0) is 32.8 Å². The van der Waals surface area contributed by atoms with Crippen molar-refractivity contribution >= 4 is 5.82 Å². The smallest absolute Gasteiger partial charge is 0.134 e. The first-order valence-electron chi connectivity index (χ1n) is 6.72. The normalized spacial score (nSPS) is 20.9. The van der Waals surface area contributed by atoms with Gasteiger partial charge in [0.2, 0.25) is 0 Å². The number of rotatable bonds is 5. The minimum absolute atomic E-state index is 0.300. The molecule has 0 amide bonds. The van der Waals surface area contributed by atoms with E-state index in [0.717, 1.165) is 43.9 Å². The standard InChI is InChI=1S/C14H22N2O2/c1-3-16(10-12-6-5-9-18-12)14-13(11(2)17)7-4-8-15-14/h4,7-8,11-12,17H,3,5-6,9-10H2,1-2H3/t11-,12?/m0/s1. The molecule has 0 spiro atoms. The van der Waals surface area contributed by atoms with Crippen LogP contribution < -0.4 is 4.90 Å². The van der Waals surface area contributed by atoms with Crippen LogP contribution >= 0.6 is 0 Å². The molecule has 0 radical (unpaired) electrons. The van der Waals surface area contributed by atoms with Crippen molar-refractivity contribution in [3.63, 3.8) is 0 Å². The van der Waals surface area contributed by atoms with Crippen molar-refractivity contribution < 1.29 is 9.84 Å². The Balaban J connectivity index is 2.15. The molecule has 0 saturated carbocycles. The van der Waals surface area contributed by atoms with Crippen molar-refractivity contribution in [1.29, 1.82) is 0 Å². The van der Waals surface area contributed by atoms with Gasteiger partial charge in [-0.3, -0.25) is 0 Å². The Labute approximate surface area is 109 Å². The van der Waals surface area contributed by atoms with E-state index >= 15 is 0 Å². The molecule has 4 heteroatoms. The van der Waals surface area contributed by atoms with E-state index in [4.69, 9.17) is 4.74 Å². The molecule has 1 aromatic heterocycles. The Morgan fingerprint density at radius 2 is 2.44 bits per heavy atom. The molecular formula is C14H22N2O2. The number of aliphatic hydroxyl groups excluding tert-OH is 1. The topological polar surface area (TPSA) is 45.6 Å². The molecule has 0 aliphatic carbocycles. The molecule has 18 heavy (non-hydrogen) atoms. The van der Waals surface area contributed by atoms with Crippen LogP contribution in [0.25, 0.3) is 0 Å². The zero-order chi connectivity index (χ0) is 13.0. The minimum atomic E-state index is -0.493. The molecule has 1 aliphatic rings. The SMILES string of the molecule is CCN(CC1CCCO1)c1ncccc1[C@H](C)O. The summed E-state index contributed by atoms with van der Waals surface area (Å²) in [5, 5.41) is 9.81. The van der Waals surface area contributed by atoms with E-state index in [2.05, 4.69) is 16.8 Å². The fourth-order valence-electron chi connectivity index (χ4n) is 2.40. The molecule has 2 atom stereocenters. The quantitative estimate of drug-likeness (QED) is 0.869. The van der Waals surface area contributed by atoms with Crippen molar-refractivity contribution in [2.24, 2.45) is 0 Å². The molecule has 0 aromatic carbocycles. The number of hydrogen-bond acceptors (Lipinski definition) is 4. The van der Waals surface area contributed by atoms with Gasteiger partial charge in [0.1, 0.15) is 5.82 Å². The van der Waals surface area contributed by atoms with E-state index in [1.165, 1.54) is 0 Å². The summed E-state index contributed by atoms with van der Waals surface area (Å²) in [5.74, 6) is 0.880. The first kappa shape index (κ1) is 13.3. The Hall–Kier alpha value is -1.13. The summed E-state index contributed by atoms with van der Waals surface area (Å²) in [6.07, 6.45) is 3.85. The molecule has 1 saturated heterocycles. The lowest BCUT2D eigenvalue weighted by atomic mass is 10.1. The van der Waals surface area contributed by atoms with Crippen LogP contribution in [0, 0.1) is 0 Å². The third-order valence-electron chi connectivity index (χ3n) is 3.40. The molecule has 2 rings (SSSR count). The number of ether oxygens (including phenoxy) is 1. The summed E-state index contributed by atoms with van der Waals surface area (Å²) in [6, 6.07) is 3.80. The predicted octanol–water partition coefficient (Wildman–Crippen LogP) is 2.14. The summed E-state index contributed by atoms with van der Waals surface area (Å²) in [6.45, 7) is 6.48. The van der Waals surface area contributed by atoms with Crippen LogP contribution in [0.15, 0.2) is 18.3 Å². The summed E-state index contributed by atoms with van der Waals surface area (Å²) < 4.78 is 5.68. The lowest BCUT2D eigenvalue weighted by Crippen LogP contribution is -2.33. The van der Waals surface area contributed by atoms with Crippen molar-refractivity contribution in [3.8, 4) is 0 Å². The van der Waals surface area contributed by atoms with E-state index in [1.54, 1.807) is 13.1 Å². The predicted molar refractivity (Wildman–Crippen MR) is 71.7 cm³/mol. The number of likely N-dealkylation sites (N-methyl/N-ethyl adjacent to an activating group) is 1. The summed E-state index contributed by atoms with van der Waals surface area (Å²) in [4.78, 5) is 6.62. The van der Waals surface area contributed by atoms with E-state index in [-0.39, 0.29) is 0 Å². The summed E-state index contributed by atoms with van der Waals surface area (Å²) in [7, 11) is 0. The van der Waals surface area contributed by atoms with Gasteiger partial charge in [0.15, 0.2) is 0 Å². The summed E-state index contributed by atoms with van der Waals surface area (Å²) in [5.41, 5.74) is 0.886. The maximum atomic E-state index is 9.81. The van der Waals surface area contributed by atoms with Crippen molar-refractivity contribution in [2.45, 2.75) is 38.9 Å². The van der Waals surface area contributed by atoms with Crippen LogP contribution in [0.2, 0.25) is 0 Å². The maximum absolute atomic E-state index is 9.81. The van der Waals surface area contributed by atoms with Gasteiger partial charge in [0.05, 0.1) is 12.2 Å². The van der Waals surface area contributed by atoms with Crippen LogP contribution in [0.4, 0.5) is 5.82 Å². The van der Waals surface area contributed by atoms with Crippen LogP contribution in [0.1, 0.15) is 38.4 Å². The Bertz CT molecular complexity index is 376. The molecule has 1 fully saturated rings. The number of hydrogen-bond donors (Lipinski definition) is 1. The van der Waals surface area contributed by atoms with Gasteiger partial charge in [-0.2, -0.15) is 0 Å². The van der Waals surface area contributed by atoms with Gasteiger partial charge < -0.3 is 14.7 Å². The number of anilines is 1. The number of nitrogens with zero attached hydrogens (tertiary/aromatic N) is 2. The largest absolute Gasteiger partial charge is 0.389 e. The first-order valence-corrected chi connectivity index (χ1v) is 6.72. The van der Waals surface area contributed by atoms with E-state index < -0.39 is 6.10 Å². The van der Waals surface area contributed by atoms with Gasteiger partial charge in [-0.1, -0.05) is 6.07 Å². The first-order chi connectivity index (χ1) is 8.72. The number of aromatic nitrogens is 1. The lowest BCUT2D eigenvalue weighted by Gasteiger charge is -2.27. The molecule has 100 valence electrons. The van der Waals surface area contributed by atoms with Gasteiger partial charge in [0, 0.05) is 31.5 Å². The van der Waals surface area contributed by atoms with Crippen LogP contribution in [-0.4, -0.2) is 35.9 Å². The average molecular weight is 250 g/mol. The Kier molecular flexibility index (Phi) is 4.55. The molecule has 4 nitrogen and oxygen atoms in total. The fourth-order valence-corrected chi connectivity index (χ4v) is 2.40. The van der Waals surface area contributed by atoms with Crippen LogP contribution in [0.3, 0.4) is 0 Å². The highest BCUT2D eigenvalue weighted by Crippen LogP contribution is 2.25. The van der Waals surface area contributed by atoms with Crippen molar-refractivity contribution in [1.82, 2.24) is 4.98 Å². The van der Waals surface area contributed by atoms with E-state index in [9.17, 15) is 5.11 Å². The number of pyridine rings is 1. The molecule has 1 aromatic rings. The zero-order valence-electron chi connectivity index (χ0n) is 11.2. The number of aliphatic hydroxyl groups is 1. The second-order valence-corrected chi connectivity index (χ2v) is 4.77. The van der Waals surface area contributed by atoms with Gasteiger partial charge in [-0.25, -0.2) is 4.98 Å². The van der Waals surface area contributed by atoms with E-state index in [1.807, 2.05) is 12.1 Å². The van der Waals surface area contributed by atoms with Gasteiger partial charge in [-0.15, -0.1) is 0 Å². The lowest BCUT2D eigenvalue weighted by molar-refractivity contribution is 0.115. The van der Waals surface area contributed by atoms with E-state index in [0.29, 0.717) is 6.10 Å². The highest BCUT2D eigenvalue weighted by molar-refractivity contribution is 5.47. The molecule has 2 heterocycles. The molecule has 1 unspecified atom stereocenters.